The van der Waals surface area contributed by atoms with Gasteiger partial charge in [0.25, 0.3) is 0 Å². The van der Waals surface area contributed by atoms with Crippen molar-refractivity contribution in [3.63, 3.8) is 0 Å². The maximum atomic E-state index is 9.26. The number of aromatic hydroxyl groups is 1. The van der Waals surface area contributed by atoms with Crippen LogP contribution in [0, 0.1) is 5.53 Å². The molecule has 1 aromatic rings. The number of phenolic OH excluding ortho intramolecular Hbond substituents is 1. The molecular weight excluding hydrogens is 156 g/mol. The number of hydrogen-bond donors (Lipinski definition) is 2. The van der Waals surface area contributed by atoms with Crippen molar-refractivity contribution in [2.75, 3.05) is 7.11 Å². The van der Waals surface area contributed by atoms with Crippen LogP contribution in [-0.4, -0.2) is 12.2 Å². The predicted octanol–water partition coefficient (Wildman–Crippen LogP) is 1.93. The van der Waals surface area contributed by atoms with E-state index in [0.29, 0.717) is 11.3 Å². The predicted molar refractivity (Wildman–Crippen MR) is 43.5 cm³/mol. The van der Waals surface area contributed by atoms with E-state index in [1.165, 1.54) is 6.07 Å². The molecule has 4 heteroatoms. The van der Waals surface area contributed by atoms with Crippen LogP contribution in [-0.2, 0) is 6.54 Å². The minimum absolute atomic E-state index is 0.145. The first-order valence-electron chi connectivity index (χ1n) is 3.47. The molecule has 0 fully saturated rings. The fourth-order valence-electron chi connectivity index (χ4n) is 0.901. The van der Waals surface area contributed by atoms with Crippen LogP contribution in [0.4, 0.5) is 0 Å². The lowest BCUT2D eigenvalue weighted by atomic mass is 10.2. The van der Waals surface area contributed by atoms with Gasteiger partial charge in [-0.15, -0.1) is 0 Å². The molecule has 0 radical (unpaired) electrons. The van der Waals surface area contributed by atoms with Gasteiger partial charge in [0.15, 0.2) is 0 Å². The van der Waals surface area contributed by atoms with Crippen molar-refractivity contribution < 1.29 is 9.84 Å². The molecule has 0 bridgehead atoms. The van der Waals surface area contributed by atoms with Crippen LogP contribution >= 0.6 is 0 Å². The van der Waals surface area contributed by atoms with Gasteiger partial charge >= 0.3 is 0 Å². The largest absolute Gasteiger partial charge is 0.508 e. The zero-order chi connectivity index (χ0) is 8.97. The Hall–Kier alpha value is -1.58. The summed E-state index contributed by atoms with van der Waals surface area (Å²) in [5.74, 6) is 0.804. The number of methoxy groups -OCH3 is 1. The Morgan fingerprint density at radius 3 is 2.92 bits per heavy atom. The third kappa shape index (κ3) is 1.72. The fraction of sp³-hybridized carbons (Fsp3) is 0.250. The summed E-state index contributed by atoms with van der Waals surface area (Å²) in [6, 6.07) is 4.84. The molecule has 0 saturated heterocycles. The Balaban J connectivity index is 2.99. The Kier molecular flexibility index (Phi) is 2.63. The normalized spacial score (nSPS) is 9.42. The van der Waals surface area contributed by atoms with Gasteiger partial charge in [-0.3, -0.25) is 0 Å². The molecule has 0 aliphatic carbocycles. The molecule has 1 rings (SSSR count). The molecule has 0 saturated carbocycles. The fourth-order valence-corrected chi connectivity index (χ4v) is 0.901. The molecule has 0 amide bonds. The minimum atomic E-state index is 0.145. The molecule has 2 N–H and O–H groups in total. The standard InChI is InChI=1S/C8H10N2O2/c1-12-7-2-3-8(11)6(4-7)5-10-9/h2-4,9,11H,5H2,1H3. The highest BCUT2D eigenvalue weighted by Crippen LogP contribution is 2.23. The molecule has 0 aliphatic rings. The zero-order valence-electron chi connectivity index (χ0n) is 6.74. The van der Waals surface area contributed by atoms with E-state index in [1.54, 1.807) is 19.2 Å². The van der Waals surface area contributed by atoms with Crippen molar-refractivity contribution >= 4 is 0 Å². The number of hydrogen-bond acceptors (Lipinski definition) is 4. The first kappa shape index (κ1) is 8.52. The number of nitrogens with one attached hydrogen (secondary N) is 1. The Morgan fingerprint density at radius 1 is 1.58 bits per heavy atom. The second-order valence-electron chi connectivity index (χ2n) is 2.31. The Morgan fingerprint density at radius 2 is 2.33 bits per heavy atom. The lowest BCUT2D eigenvalue weighted by molar-refractivity contribution is 0.410. The number of nitrogens with zero attached hydrogens (tertiary/aromatic N) is 1. The van der Waals surface area contributed by atoms with E-state index in [4.69, 9.17) is 10.3 Å². The van der Waals surface area contributed by atoms with Gasteiger partial charge in [0.05, 0.1) is 13.7 Å². The van der Waals surface area contributed by atoms with Crippen molar-refractivity contribution in [2.45, 2.75) is 6.54 Å². The zero-order valence-corrected chi connectivity index (χ0v) is 6.74. The van der Waals surface area contributed by atoms with Crippen LogP contribution in [0.3, 0.4) is 0 Å². The van der Waals surface area contributed by atoms with Gasteiger partial charge in [0, 0.05) is 5.56 Å². The highest BCUT2D eigenvalue weighted by atomic mass is 16.5. The highest BCUT2D eigenvalue weighted by Gasteiger charge is 2.01. The van der Waals surface area contributed by atoms with E-state index >= 15 is 0 Å². The van der Waals surface area contributed by atoms with Gasteiger partial charge in [-0.2, -0.15) is 5.11 Å². The summed E-state index contributed by atoms with van der Waals surface area (Å²) in [6.07, 6.45) is 0. The summed E-state index contributed by atoms with van der Waals surface area (Å²) in [4.78, 5) is 0. The molecule has 4 nitrogen and oxygen atoms in total. The molecule has 12 heavy (non-hydrogen) atoms. The summed E-state index contributed by atoms with van der Waals surface area (Å²) in [5, 5.41) is 12.4. The van der Waals surface area contributed by atoms with Gasteiger partial charge in [-0.05, 0) is 18.2 Å². The van der Waals surface area contributed by atoms with Gasteiger partial charge in [-0.25, -0.2) is 5.53 Å². The molecule has 0 unspecified atom stereocenters. The van der Waals surface area contributed by atoms with E-state index in [-0.39, 0.29) is 12.3 Å². The van der Waals surface area contributed by atoms with E-state index in [1.807, 2.05) is 0 Å². The maximum absolute atomic E-state index is 9.26. The van der Waals surface area contributed by atoms with E-state index < -0.39 is 0 Å². The monoisotopic (exact) mass is 166 g/mol. The summed E-state index contributed by atoms with van der Waals surface area (Å²) in [5.41, 5.74) is 7.24. The lowest BCUT2D eigenvalue weighted by Crippen LogP contribution is -1.86. The number of benzene rings is 1. The average molecular weight is 166 g/mol. The van der Waals surface area contributed by atoms with Crippen LogP contribution in [0.1, 0.15) is 5.56 Å². The van der Waals surface area contributed by atoms with Crippen molar-refractivity contribution in [1.29, 1.82) is 5.53 Å². The Labute approximate surface area is 70.3 Å². The molecular formula is C8H10N2O2. The van der Waals surface area contributed by atoms with Crippen molar-refractivity contribution in [3.8, 4) is 11.5 Å². The third-order valence-corrected chi connectivity index (χ3v) is 1.54. The molecule has 0 aromatic heterocycles. The van der Waals surface area contributed by atoms with E-state index in [9.17, 15) is 5.11 Å². The van der Waals surface area contributed by atoms with Gasteiger partial charge in [0.1, 0.15) is 11.5 Å². The van der Waals surface area contributed by atoms with E-state index in [0.717, 1.165) is 0 Å². The molecule has 0 heterocycles. The molecule has 64 valence electrons. The quantitative estimate of drug-likeness (QED) is 0.674. The topological polar surface area (TPSA) is 65.7 Å². The van der Waals surface area contributed by atoms with Crippen LogP contribution in [0.25, 0.3) is 0 Å². The maximum Gasteiger partial charge on any atom is 0.120 e. The Bertz CT molecular complexity index is 286. The van der Waals surface area contributed by atoms with Crippen LogP contribution in [0.2, 0.25) is 0 Å². The SMILES string of the molecule is COc1ccc(O)c(CN=N)c1. The first-order chi connectivity index (χ1) is 5.77. The van der Waals surface area contributed by atoms with Gasteiger partial charge in [-0.1, -0.05) is 0 Å². The summed E-state index contributed by atoms with van der Waals surface area (Å²) in [7, 11) is 1.55. The molecule has 1 aromatic carbocycles. The molecule has 0 atom stereocenters. The lowest BCUT2D eigenvalue weighted by Gasteiger charge is -2.03. The summed E-state index contributed by atoms with van der Waals surface area (Å²) < 4.78 is 4.94. The van der Waals surface area contributed by atoms with Crippen LogP contribution in [0.5, 0.6) is 11.5 Å². The number of ether oxygens (including phenoxy) is 1. The highest BCUT2D eigenvalue weighted by molar-refractivity contribution is 5.39. The molecule has 0 aliphatic heterocycles. The molecule has 0 spiro atoms. The number of rotatable bonds is 3. The first-order valence-corrected chi connectivity index (χ1v) is 3.47. The average Bonchev–Trinajstić information content (AvgIpc) is 2.09. The van der Waals surface area contributed by atoms with Gasteiger partial charge in [0.2, 0.25) is 0 Å². The van der Waals surface area contributed by atoms with Crippen LogP contribution in [0.15, 0.2) is 23.3 Å². The second kappa shape index (κ2) is 3.71. The van der Waals surface area contributed by atoms with E-state index in [2.05, 4.69) is 5.11 Å². The van der Waals surface area contributed by atoms with Gasteiger partial charge < -0.3 is 9.84 Å². The third-order valence-electron chi connectivity index (χ3n) is 1.54. The summed E-state index contributed by atoms with van der Waals surface area (Å²) >= 11 is 0. The summed E-state index contributed by atoms with van der Waals surface area (Å²) in [6.45, 7) is 0.184. The van der Waals surface area contributed by atoms with Crippen molar-refractivity contribution in [3.05, 3.63) is 23.8 Å². The van der Waals surface area contributed by atoms with Crippen molar-refractivity contribution in [2.24, 2.45) is 5.11 Å². The second-order valence-corrected chi connectivity index (χ2v) is 2.31. The number of phenols is 1. The smallest absolute Gasteiger partial charge is 0.120 e. The van der Waals surface area contributed by atoms with Crippen LogP contribution < -0.4 is 4.74 Å². The van der Waals surface area contributed by atoms with Crippen molar-refractivity contribution in [1.82, 2.24) is 0 Å². The minimum Gasteiger partial charge on any atom is -0.508 e.